The Bertz CT molecular complexity index is 391. The summed E-state index contributed by atoms with van der Waals surface area (Å²) >= 11 is 5.81. The second-order valence-corrected chi connectivity index (χ2v) is 5.30. The van der Waals surface area contributed by atoms with Gasteiger partial charge in [0.15, 0.2) is 0 Å². The van der Waals surface area contributed by atoms with Crippen molar-refractivity contribution in [1.29, 1.82) is 0 Å². The van der Waals surface area contributed by atoms with Gasteiger partial charge in [0.2, 0.25) is 0 Å². The van der Waals surface area contributed by atoms with Gasteiger partial charge in [-0.05, 0) is 24.3 Å². The molecule has 1 saturated heterocycles. The van der Waals surface area contributed by atoms with E-state index >= 15 is 0 Å². The predicted octanol–water partition coefficient (Wildman–Crippen LogP) is 2.55. The number of nitrogen functional groups attached to an aromatic ring is 1. The highest BCUT2D eigenvalue weighted by Gasteiger charge is 2.27. The van der Waals surface area contributed by atoms with Crippen LogP contribution in [0.1, 0.15) is 19.8 Å². The zero-order valence-corrected chi connectivity index (χ0v) is 10.8. The van der Waals surface area contributed by atoms with Crippen LogP contribution < -0.4 is 11.1 Å². The van der Waals surface area contributed by atoms with Crippen molar-refractivity contribution < 1.29 is 4.74 Å². The van der Waals surface area contributed by atoms with Gasteiger partial charge in [0.1, 0.15) is 5.82 Å². The average molecular weight is 256 g/mol. The number of pyridine rings is 1. The normalized spacial score (nSPS) is 18.9. The largest absolute Gasteiger partial charge is 0.396 e. The van der Waals surface area contributed by atoms with Crippen molar-refractivity contribution in [3.05, 3.63) is 17.3 Å². The van der Waals surface area contributed by atoms with Crippen LogP contribution in [0.25, 0.3) is 0 Å². The summed E-state index contributed by atoms with van der Waals surface area (Å²) in [6.45, 7) is 4.78. The molecule has 0 spiro atoms. The lowest BCUT2D eigenvalue weighted by Gasteiger charge is -2.33. The molecule has 0 atom stereocenters. The molecule has 0 bridgehead atoms. The fourth-order valence-electron chi connectivity index (χ4n) is 1.94. The van der Waals surface area contributed by atoms with Crippen molar-refractivity contribution in [2.24, 2.45) is 5.41 Å². The molecule has 2 heterocycles. The molecule has 1 aromatic heterocycles. The minimum Gasteiger partial charge on any atom is -0.396 e. The molecule has 0 amide bonds. The summed E-state index contributed by atoms with van der Waals surface area (Å²) in [5.74, 6) is 0.710. The quantitative estimate of drug-likeness (QED) is 0.872. The zero-order valence-electron chi connectivity index (χ0n) is 10.0. The molecule has 2 rings (SSSR count). The van der Waals surface area contributed by atoms with E-state index in [1.165, 1.54) is 0 Å². The van der Waals surface area contributed by atoms with Crippen LogP contribution in [0.5, 0.6) is 0 Å². The monoisotopic (exact) mass is 255 g/mol. The minimum atomic E-state index is 0.256. The van der Waals surface area contributed by atoms with E-state index in [1.807, 2.05) is 0 Å². The van der Waals surface area contributed by atoms with Crippen LogP contribution in [0, 0.1) is 5.41 Å². The van der Waals surface area contributed by atoms with E-state index in [1.54, 1.807) is 12.3 Å². The number of hydrogen-bond acceptors (Lipinski definition) is 4. The number of rotatable bonds is 3. The highest BCUT2D eigenvalue weighted by atomic mass is 35.5. The molecule has 94 valence electrons. The number of nitrogens with two attached hydrogens (primary N) is 1. The summed E-state index contributed by atoms with van der Waals surface area (Å²) in [5.41, 5.74) is 6.69. The van der Waals surface area contributed by atoms with E-state index in [4.69, 9.17) is 22.1 Å². The van der Waals surface area contributed by atoms with E-state index in [-0.39, 0.29) is 5.41 Å². The molecule has 0 unspecified atom stereocenters. The number of nitrogens with one attached hydrogen (secondary N) is 1. The smallest absolute Gasteiger partial charge is 0.149 e. The molecule has 1 aromatic rings. The maximum Gasteiger partial charge on any atom is 0.149 e. The first-order chi connectivity index (χ1) is 8.09. The van der Waals surface area contributed by atoms with E-state index in [2.05, 4.69) is 17.2 Å². The van der Waals surface area contributed by atoms with Gasteiger partial charge in [-0.15, -0.1) is 0 Å². The number of hydrogen-bond donors (Lipinski definition) is 2. The summed E-state index contributed by atoms with van der Waals surface area (Å²) in [6.07, 6.45) is 3.73. The third-order valence-corrected chi connectivity index (χ3v) is 3.47. The summed E-state index contributed by atoms with van der Waals surface area (Å²) in [4.78, 5) is 4.19. The Morgan fingerprint density at radius 2 is 2.24 bits per heavy atom. The van der Waals surface area contributed by atoms with Gasteiger partial charge < -0.3 is 15.8 Å². The molecule has 0 saturated carbocycles. The molecule has 0 radical (unpaired) electrons. The lowest BCUT2D eigenvalue weighted by molar-refractivity contribution is 0.0300. The van der Waals surface area contributed by atoms with Gasteiger partial charge in [0.05, 0.1) is 10.7 Å². The molecule has 3 N–H and O–H groups in total. The van der Waals surface area contributed by atoms with Gasteiger partial charge in [-0.3, -0.25) is 0 Å². The maximum absolute atomic E-state index is 5.85. The third-order valence-electron chi connectivity index (χ3n) is 3.27. The minimum absolute atomic E-state index is 0.256. The van der Waals surface area contributed by atoms with Crippen molar-refractivity contribution in [1.82, 2.24) is 4.98 Å². The van der Waals surface area contributed by atoms with Gasteiger partial charge in [-0.25, -0.2) is 4.98 Å². The number of halogens is 1. The first kappa shape index (κ1) is 12.5. The third kappa shape index (κ3) is 3.23. The topological polar surface area (TPSA) is 60.2 Å². The first-order valence-corrected chi connectivity index (χ1v) is 6.20. The van der Waals surface area contributed by atoms with Gasteiger partial charge in [0.25, 0.3) is 0 Å². The standard InChI is InChI=1S/C12H18ClN3O/c1-12(2-4-17-5-3-12)8-16-11-10(14)6-9(13)7-15-11/h6-7H,2-5,8,14H2,1H3,(H,15,16). The van der Waals surface area contributed by atoms with Crippen molar-refractivity contribution in [3.63, 3.8) is 0 Å². The second-order valence-electron chi connectivity index (χ2n) is 4.87. The van der Waals surface area contributed by atoms with Crippen molar-refractivity contribution in [2.45, 2.75) is 19.8 Å². The molecule has 5 heteroatoms. The van der Waals surface area contributed by atoms with E-state index in [0.29, 0.717) is 16.5 Å². The average Bonchev–Trinajstić information content (AvgIpc) is 2.29. The Hall–Kier alpha value is -1.00. The Balaban J connectivity index is 1.97. The molecule has 0 aromatic carbocycles. The maximum atomic E-state index is 5.85. The van der Waals surface area contributed by atoms with Crippen LogP contribution in [0.3, 0.4) is 0 Å². The van der Waals surface area contributed by atoms with Crippen LogP contribution in [-0.4, -0.2) is 24.7 Å². The number of nitrogens with zero attached hydrogens (tertiary/aromatic N) is 1. The van der Waals surface area contributed by atoms with Crippen LogP contribution in [0.2, 0.25) is 5.02 Å². The fourth-order valence-corrected chi connectivity index (χ4v) is 2.11. The van der Waals surface area contributed by atoms with Gasteiger partial charge >= 0.3 is 0 Å². The number of anilines is 2. The van der Waals surface area contributed by atoms with Gasteiger partial charge in [0, 0.05) is 26.0 Å². The van der Waals surface area contributed by atoms with Crippen molar-refractivity contribution in [3.8, 4) is 0 Å². The molecule has 4 nitrogen and oxygen atoms in total. The summed E-state index contributed by atoms with van der Waals surface area (Å²) in [6, 6.07) is 1.71. The SMILES string of the molecule is CC1(CNc2ncc(Cl)cc2N)CCOCC1. The van der Waals surface area contributed by atoms with Gasteiger partial charge in [-0.1, -0.05) is 18.5 Å². The van der Waals surface area contributed by atoms with Gasteiger partial charge in [-0.2, -0.15) is 0 Å². The highest BCUT2D eigenvalue weighted by molar-refractivity contribution is 6.30. The predicted molar refractivity (Wildman–Crippen MR) is 70.3 cm³/mol. The Morgan fingerprint density at radius 3 is 2.88 bits per heavy atom. The first-order valence-electron chi connectivity index (χ1n) is 5.82. The number of aromatic nitrogens is 1. The van der Waals surface area contributed by atoms with E-state index in [0.717, 1.165) is 32.6 Å². The van der Waals surface area contributed by atoms with Crippen LogP contribution in [0.15, 0.2) is 12.3 Å². The lowest BCUT2D eigenvalue weighted by atomic mass is 9.82. The Kier molecular flexibility index (Phi) is 3.74. The molecule has 1 aliphatic heterocycles. The van der Waals surface area contributed by atoms with E-state index in [9.17, 15) is 0 Å². The summed E-state index contributed by atoms with van der Waals surface area (Å²) in [7, 11) is 0. The van der Waals surface area contributed by atoms with Crippen LogP contribution >= 0.6 is 11.6 Å². The van der Waals surface area contributed by atoms with Crippen LogP contribution in [0.4, 0.5) is 11.5 Å². The summed E-state index contributed by atoms with van der Waals surface area (Å²) in [5, 5.41) is 3.86. The second kappa shape index (κ2) is 5.10. The molecular formula is C12H18ClN3O. The molecule has 17 heavy (non-hydrogen) atoms. The molecule has 0 aliphatic carbocycles. The van der Waals surface area contributed by atoms with Crippen molar-refractivity contribution in [2.75, 3.05) is 30.8 Å². The number of ether oxygens (including phenoxy) is 1. The molecule has 1 aliphatic rings. The van der Waals surface area contributed by atoms with Crippen LogP contribution in [-0.2, 0) is 4.74 Å². The molecular weight excluding hydrogens is 238 g/mol. The fraction of sp³-hybridized carbons (Fsp3) is 0.583. The Labute approximate surface area is 107 Å². The molecule has 1 fully saturated rings. The van der Waals surface area contributed by atoms with E-state index < -0.39 is 0 Å². The zero-order chi connectivity index (χ0) is 12.3. The van der Waals surface area contributed by atoms with Crippen molar-refractivity contribution >= 4 is 23.1 Å². The highest BCUT2D eigenvalue weighted by Crippen LogP contribution is 2.30. The summed E-state index contributed by atoms with van der Waals surface area (Å²) < 4.78 is 5.37. The Morgan fingerprint density at radius 1 is 1.53 bits per heavy atom. The lowest BCUT2D eigenvalue weighted by Crippen LogP contribution is -2.33.